The van der Waals surface area contributed by atoms with E-state index in [1.807, 2.05) is 25.3 Å². The Bertz CT molecular complexity index is 1150. The number of ether oxygens (including phenoxy) is 3. The fourth-order valence-electron chi connectivity index (χ4n) is 3.61. The van der Waals surface area contributed by atoms with E-state index < -0.39 is 5.91 Å². The number of primary amides is 1. The first-order chi connectivity index (χ1) is 16.4. The van der Waals surface area contributed by atoms with Gasteiger partial charge in [0.05, 0.1) is 31.0 Å². The van der Waals surface area contributed by atoms with Gasteiger partial charge in [0.15, 0.2) is 0 Å². The van der Waals surface area contributed by atoms with E-state index in [4.69, 9.17) is 19.9 Å². The summed E-state index contributed by atoms with van der Waals surface area (Å²) >= 11 is 0. The number of methoxy groups -OCH3 is 1. The Balaban J connectivity index is 1.96. The molecule has 3 aromatic rings. The van der Waals surface area contributed by atoms with E-state index in [1.54, 1.807) is 30.0 Å². The topological polar surface area (TPSA) is 136 Å². The molecule has 0 radical (unpaired) electrons. The molecule has 0 aliphatic rings. The molecule has 0 atom stereocenters. The molecule has 184 valence electrons. The Hall–Kier alpha value is -3.44. The van der Waals surface area contributed by atoms with Gasteiger partial charge in [-0.15, -0.1) is 0 Å². The number of nitrogens with two attached hydrogens (primary N) is 1. The molecular weight excluding hydrogens is 440 g/mol. The molecular formula is C23H32N6O5. The maximum absolute atomic E-state index is 13.0. The number of aryl methyl sites for hydroxylation is 3. The number of hydrogen-bond donors (Lipinski definition) is 2. The van der Waals surface area contributed by atoms with Gasteiger partial charge in [-0.25, -0.2) is 4.98 Å². The van der Waals surface area contributed by atoms with Crippen LogP contribution in [-0.2, 0) is 22.6 Å². The Morgan fingerprint density at radius 3 is 2.56 bits per heavy atom. The lowest BCUT2D eigenvalue weighted by Crippen LogP contribution is -2.20. The third-order valence-electron chi connectivity index (χ3n) is 5.12. The summed E-state index contributed by atoms with van der Waals surface area (Å²) in [5, 5.41) is 7.23. The Morgan fingerprint density at radius 2 is 1.88 bits per heavy atom. The van der Waals surface area contributed by atoms with Crippen molar-refractivity contribution in [3.8, 4) is 5.75 Å². The molecule has 0 aliphatic carbocycles. The van der Waals surface area contributed by atoms with Crippen LogP contribution in [-0.4, -0.2) is 64.7 Å². The summed E-state index contributed by atoms with van der Waals surface area (Å²) in [6.45, 7) is 8.47. The second kappa shape index (κ2) is 11.6. The third kappa shape index (κ3) is 5.72. The lowest BCUT2D eigenvalue weighted by atomic mass is 10.1. The average molecular weight is 473 g/mol. The molecule has 11 heteroatoms. The van der Waals surface area contributed by atoms with E-state index in [9.17, 15) is 9.59 Å². The number of fused-ring (bicyclic) bond motifs is 1. The molecule has 11 nitrogen and oxygen atoms in total. The number of nitrogens with zero attached hydrogens (tertiary/aromatic N) is 4. The molecule has 0 saturated carbocycles. The van der Waals surface area contributed by atoms with Gasteiger partial charge in [0.25, 0.3) is 5.91 Å². The molecule has 0 saturated heterocycles. The summed E-state index contributed by atoms with van der Waals surface area (Å²) < 4.78 is 19.9. The first-order valence-corrected chi connectivity index (χ1v) is 11.3. The van der Waals surface area contributed by atoms with Gasteiger partial charge in [0, 0.05) is 25.8 Å². The zero-order valence-electron chi connectivity index (χ0n) is 20.1. The fourth-order valence-corrected chi connectivity index (χ4v) is 3.61. The van der Waals surface area contributed by atoms with Crippen LogP contribution in [0.1, 0.15) is 46.8 Å². The summed E-state index contributed by atoms with van der Waals surface area (Å²) in [6, 6.07) is 4.92. The van der Waals surface area contributed by atoms with Gasteiger partial charge in [-0.2, -0.15) is 5.10 Å². The van der Waals surface area contributed by atoms with Crippen molar-refractivity contribution in [1.29, 1.82) is 0 Å². The summed E-state index contributed by atoms with van der Waals surface area (Å²) in [6.07, 6.45) is 0.789. The quantitative estimate of drug-likeness (QED) is 0.365. The van der Waals surface area contributed by atoms with E-state index in [1.165, 1.54) is 0 Å². The van der Waals surface area contributed by atoms with E-state index >= 15 is 0 Å². The number of benzene rings is 1. The van der Waals surface area contributed by atoms with Crippen molar-refractivity contribution >= 4 is 28.8 Å². The van der Waals surface area contributed by atoms with Crippen molar-refractivity contribution in [3.05, 3.63) is 35.2 Å². The minimum absolute atomic E-state index is 0.259. The highest BCUT2D eigenvalue weighted by molar-refractivity contribution is 6.04. The number of anilines is 1. The molecule has 0 aliphatic heterocycles. The highest BCUT2D eigenvalue weighted by Crippen LogP contribution is 2.31. The monoisotopic (exact) mass is 472 g/mol. The largest absolute Gasteiger partial charge is 0.489 e. The molecule has 2 amide bonds. The molecule has 3 N–H and O–H groups in total. The van der Waals surface area contributed by atoms with Gasteiger partial charge in [-0.3, -0.25) is 19.6 Å². The smallest absolute Gasteiger partial charge is 0.276 e. The van der Waals surface area contributed by atoms with E-state index in [-0.39, 0.29) is 18.1 Å². The van der Waals surface area contributed by atoms with Gasteiger partial charge in [-0.05, 0) is 38.5 Å². The van der Waals surface area contributed by atoms with Crippen molar-refractivity contribution in [2.24, 2.45) is 5.73 Å². The molecule has 0 spiro atoms. The predicted octanol–water partition coefficient (Wildman–Crippen LogP) is 2.36. The first kappa shape index (κ1) is 25.2. The lowest BCUT2D eigenvalue weighted by Gasteiger charge is -2.13. The molecule has 2 heterocycles. The zero-order chi connectivity index (χ0) is 24.7. The third-order valence-corrected chi connectivity index (χ3v) is 5.12. The van der Waals surface area contributed by atoms with Crippen LogP contribution in [0.15, 0.2) is 18.2 Å². The molecule has 1 aromatic carbocycles. The van der Waals surface area contributed by atoms with Crippen LogP contribution in [0.4, 0.5) is 5.95 Å². The lowest BCUT2D eigenvalue weighted by molar-refractivity contribution is 0.0546. The van der Waals surface area contributed by atoms with Crippen LogP contribution in [0, 0.1) is 6.92 Å². The first-order valence-electron chi connectivity index (χ1n) is 11.3. The summed E-state index contributed by atoms with van der Waals surface area (Å²) in [7, 11) is 1.61. The van der Waals surface area contributed by atoms with Gasteiger partial charge in [0.1, 0.15) is 23.6 Å². The molecule has 34 heavy (non-hydrogen) atoms. The Kier molecular flexibility index (Phi) is 8.61. The number of nitrogens with one attached hydrogen (secondary N) is 1. The number of imidazole rings is 1. The van der Waals surface area contributed by atoms with Crippen molar-refractivity contribution < 1.29 is 23.8 Å². The number of carbonyl (C=O) groups excluding carboxylic acids is 2. The van der Waals surface area contributed by atoms with Crippen molar-refractivity contribution in [2.45, 2.75) is 40.3 Å². The number of rotatable bonds is 13. The van der Waals surface area contributed by atoms with Gasteiger partial charge in [0.2, 0.25) is 11.9 Å². The van der Waals surface area contributed by atoms with Crippen LogP contribution < -0.4 is 15.8 Å². The number of aromatic nitrogens is 4. The molecule has 0 fully saturated rings. The Labute approximate surface area is 198 Å². The standard InChI is InChI=1S/C23H32N6O5/c1-5-7-28-20-17(25-23(28)26-22(31)18-12-15(3)27-29(18)6-2)13-16(21(24)30)14-19(20)34-11-10-33-9-8-32-4/h12-14H,5-11H2,1-4H3,(H2,24,30)(H,25,26,31). The van der Waals surface area contributed by atoms with Crippen LogP contribution in [0.5, 0.6) is 5.75 Å². The minimum atomic E-state index is -0.596. The zero-order valence-corrected chi connectivity index (χ0v) is 20.1. The van der Waals surface area contributed by atoms with E-state index in [0.717, 1.165) is 12.1 Å². The molecule has 0 bridgehead atoms. The van der Waals surface area contributed by atoms with Crippen LogP contribution in [0.2, 0.25) is 0 Å². The second-order valence-corrected chi connectivity index (χ2v) is 7.69. The van der Waals surface area contributed by atoms with E-state index in [2.05, 4.69) is 15.4 Å². The van der Waals surface area contributed by atoms with Gasteiger partial charge in [-0.1, -0.05) is 6.92 Å². The number of carbonyl (C=O) groups is 2. The molecule has 2 aromatic heterocycles. The van der Waals surface area contributed by atoms with E-state index in [0.29, 0.717) is 61.3 Å². The van der Waals surface area contributed by atoms with Crippen molar-refractivity contribution in [2.75, 3.05) is 38.9 Å². The van der Waals surface area contributed by atoms with Crippen LogP contribution in [0.3, 0.4) is 0 Å². The van der Waals surface area contributed by atoms with Gasteiger partial charge >= 0.3 is 0 Å². The van der Waals surface area contributed by atoms with Crippen LogP contribution >= 0.6 is 0 Å². The minimum Gasteiger partial charge on any atom is -0.489 e. The van der Waals surface area contributed by atoms with Crippen LogP contribution in [0.25, 0.3) is 11.0 Å². The maximum Gasteiger partial charge on any atom is 0.276 e. The summed E-state index contributed by atoms with van der Waals surface area (Å²) in [4.78, 5) is 29.5. The average Bonchev–Trinajstić information content (AvgIpc) is 3.36. The van der Waals surface area contributed by atoms with Crippen molar-refractivity contribution in [1.82, 2.24) is 19.3 Å². The molecule has 3 rings (SSSR count). The Morgan fingerprint density at radius 1 is 1.12 bits per heavy atom. The summed E-state index contributed by atoms with van der Waals surface area (Å²) in [5.41, 5.74) is 8.15. The van der Waals surface area contributed by atoms with Gasteiger partial charge < -0.3 is 24.5 Å². The second-order valence-electron chi connectivity index (χ2n) is 7.69. The predicted molar refractivity (Wildman–Crippen MR) is 127 cm³/mol. The summed E-state index contributed by atoms with van der Waals surface area (Å²) in [5.74, 6) is -0.121. The number of amides is 2. The normalized spacial score (nSPS) is 11.2. The fraction of sp³-hybridized carbons (Fsp3) is 0.478. The SMILES string of the molecule is CCCn1c(NC(=O)c2cc(C)nn2CC)nc2cc(C(N)=O)cc(OCCOCCOC)c21. The molecule has 0 unspecified atom stereocenters. The maximum atomic E-state index is 13.0. The highest BCUT2D eigenvalue weighted by Gasteiger charge is 2.21. The number of hydrogen-bond acceptors (Lipinski definition) is 7. The highest BCUT2D eigenvalue weighted by atomic mass is 16.5. The van der Waals surface area contributed by atoms with Crippen molar-refractivity contribution in [3.63, 3.8) is 0 Å².